The van der Waals surface area contributed by atoms with Crippen LogP contribution in [0.2, 0.25) is 5.02 Å². The zero-order chi connectivity index (χ0) is 18.0. The molecule has 2 rings (SSSR count). The second kappa shape index (κ2) is 6.95. The van der Waals surface area contributed by atoms with E-state index in [1.165, 1.54) is 0 Å². The van der Waals surface area contributed by atoms with Gasteiger partial charge >= 0.3 is 0 Å². The van der Waals surface area contributed by atoms with Gasteiger partial charge < -0.3 is 0 Å². The molecular weight excluding hydrogens is 344 g/mol. The van der Waals surface area contributed by atoms with Crippen LogP contribution in [0.1, 0.15) is 38.8 Å². The molecule has 2 aromatic carbocycles. The molecule has 0 heterocycles. The Bertz CT molecular complexity index is 834. The summed E-state index contributed by atoms with van der Waals surface area (Å²) in [6.07, 6.45) is 0. The lowest BCUT2D eigenvalue weighted by molar-refractivity contribution is 0.580. The minimum atomic E-state index is -3.70. The van der Waals surface area contributed by atoms with Gasteiger partial charge in [-0.05, 0) is 47.7 Å². The van der Waals surface area contributed by atoms with Gasteiger partial charge in [0, 0.05) is 5.02 Å². The number of nitrogens with zero attached hydrogens (tertiary/aromatic N) is 1. The van der Waals surface area contributed by atoms with Crippen molar-refractivity contribution < 1.29 is 8.42 Å². The summed E-state index contributed by atoms with van der Waals surface area (Å²) in [7, 11) is -3.70. The Balaban J connectivity index is 2.19. The van der Waals surface area contributed by atoms with Crippen molar-refractivity contribution in [1.82, 2.24) is 4.83 Å². The smallest absolute Gasteiger partial charge is 0.200 e. The van der Waals surface area contributed by atoms with Crippen molar-refractivity contribution >= 4 is 27.3 Å². The first-order valence-corrected chi connectivity index (χ1v) is 9.38. The molecule has 0 radical (unpaired) electrons. The minimum absolute atomic E-state index is 0.0287. The Labute approximate surface area is 148 Å². The summed E-state index contributed by atoms with van der Waals surface area (Å²) in [5.74, 6) is 0. The van der Waals surface area contributed by atoms with Crippen molar-refractivity contribution in [1.29, 1.82) is 0 Å². The van der Waals surface area contributed by atoms with Crippen LogP contribution < -0.4 is 4.83 Å². The van der Waals surface area contributed by atoms with Gasteiger partial charge in [-0.25, -0.2) is 0 Å². The lowest BCUT2D eigenvalue weighted by atomic mass is 9.87. The molecule has 0 fully saturated rings. The standard InChI is InChI=1S/C18H21ClN2O2S/c1-13(14-5-9-16(19)10-6-14)20-21-24(22,23)17-11-7-15(8-12-17)18(2,3)4/h5-12,21H,1-4H3. The average Bonchev–Trinajstić information content (AvgIpc) is 2.53. The van der Waals surface area contributed by atoms with Crippen LogP contribution in [0, 0.1) is 0 Å². The van der Waals surface area contributed by atoms with Gasteiger partial charge in [0.15, 0.2) is 0 Å². The van der Waals surface area contributed by atoms with Crippen LogP contribution in [-0.2, 0) is 15.4 Å². The van der Waals surface area contributed by atoms with E-state index in [9.17, 15) is 8.42 Å². The van der Waals surface area contributed by atoms with Crippen molar-refractivity contribution in [2.24, 2.45) is 5.10 Å². The van der Waals surface area contributed by atoms with Crippen molar-refractivity contribution in [3.8, 4) is 0 Å². The summed E-state index contributed by atoms with van der Waals surface area (Å²) >= 11 is 5.84. The maximum absolute atomic E-state index is 12.3. The molecule has 0 aromatic heterocycles. The largest absolute Gasteiger partial charge is 0.276 e. The number of hydrogen-bond donors (Lipinski definition) is 1. The number of sulfonamides is 1. The molecule has 0 saturated carbocycles. The van der Waals surface area contributed by atoms with Crippen LogP contribution in [0.25, 0.3) is 0 Å². The Kier molecular flexibility index (Phi) is 5.35. The molecule has 128 valence electrons. The first-order valence-electron chi connectivity index (χ1n) is 7.52. The molecule has 24 heavy (non-hydrogen) atoms. The first kappa shape index (κ1) is 18.5. The predicted molar refractivity (Wildman–Crippen MR) is 99.1 cm³/mol. The molecule has 0 unspecified atom stereocenters. The summed E-state index contributed by atoms with van der Waals surface area (Å²) in [5, 5.41) is 4.60. The molecule has 0 saturated heterocycles. The van der Waals surface area contributed by atoms with Crippen LogP contribution in [-0.4, -0.2) is 14.1 Å². The Morgan fingerprint density at radius 2 is 1.54 bits per heavy atom. The van der Waals surface area contributed by atoms with Crippen LogP contribution in [0.5, 0.6) is 0 Å². The van der Waals surface area contributed by atoms with Gasteiger partial charge in [0.2, 0.25) is 0 Å². The van der Waals surface area contributed by atoms with E-state index in [1.807, 2.05) is 12.1 Å². The molecule has 2 aromatic rings. The van der Waals surface area contributed by atoms with Gasteiger partial charge in [0.05, 0.1) is 10.6 Å². The van der Waals surface area contributed by atoms with Crippen LogP contribution in [0.4, 0.5) is 0 Å². The molecule has 1 N–H and O–H groups in total. The highest BCUT2D eigenvalue weighted by atomic mass is 35.5. The number of rotatable bonds is 4. The maximum Gasteiger partial charge on any atom is 0.276 e. The zero-order valence-electron chi connectivity index (χ0n) is 14.2. The van der Waals surface area contributed by atoms with Crippen LogP contribution in [0.15, 0.2) is 58.5 Å². The van der Waals surface area contributed by atoms with E-state index >= 15 is 0 Å². The molecule has 0 bridgehead atoms. The van der Waals surface area contributed by atoms with E-state index in [1.54, 1.807) is 43.3 Å². The van der Waals surface area contributed by atoms with Crippen molar-refractivity contribution in [2.45, 2.75) is 38.0 Å². The maximum atomic E-state index is 12.3. The molecule has 0 spiro atoms. The highest BCUT2D eigenvalue weighted by Gasteiger charge is 2.17. The lowest BCUT2D eigenvalue weighted by Crippen LogP contribution is -2.20. The van der Waals surface area contributed by atoms with Gasteiger partial charge in [0.1, 0.15) is 0 Å². The highest BCUT2D eigenvalue weighted by molar-refractivity contribution is 7.89. The normalized spacial score (nSPS) is 13.0. The Hall–Kier alpha value is -1.85. The average molecular weight is 365 g/mol. The quantitative estimate of drug-likeness (QED) is 0.648. The number of nitrogens with one attached hydrogen (secondary N) is 1. The first-order chi connectivity index (χ1) is 11.1. The monoisotopic (exact) mass is 364 g/mol. The van der Waals surface area contributed by atoms with Crippen LogP contribution in [0.3, 0.4) is 0 Å². The fourth-order valence-corrected chi connectivity index (χ4v) is 3.05. The van der Waals surface area contributed by atoms with E-state index in [0.717, 1.165) is 11.1 Å². The van der Waals surface area contributed by atoms with Gasteiger partial charge in [0.25, 0.3) is 10.0 Å². The second-order valence-corrected chi connectivity index (χ2v) is 8.67. The molecule has 0 aliphatic rings. The Morgan fingerprint density at radius 3 is 2.04 bits per heavy atom. The predicted octanol–water partition coefficient (Wildman–Crippen LogP) is 4.34. The summed E-state index contributed by atoms with van der Waals surface area (Å²) < 4.78 is 24.7. The van der Waals surface area contributed by atoms with E-state index in [0.29, 0.717) is 10.7 Å². The topological polar surface area (TPSA) is 58.5 Å². The minimum Gasteiger partial charge on any atom is -0.200 e. The van der Waals surface area contributed by atoms with E-state index in [2.05, 4.69) is 30.7 Å². The molecule has 4 nitrogen and oxygen atoms in total. The second-order valence-electron chi connectivity index (χ2n) is 6.57. The molecule has 0 atom stereocenters. The summed E-state index contributed by atoms with van der Waals surface area (Å²) in [6.45, 7) is 7.96. The van der Waals surface area contributed by atoms with E-state index in [4.69, 9.17) is 11.6 Å². The number of hydrogen-bond acceptors (Lipinski definition) is 3. The zero-order valence-corrected chi connectivity index (χ0v) is 15.7. The summed E-state index contributed by atoms with van der Waals surface area (Å²) in [6, 6.07) is 13.9. The lowest BCUT2D eigenvalue weighted by Gasteiger charge is -2.19. The third kappa shape index (κ3) is 4.58. The van der Waals surface area contributed by atoms with Gasteiger partial charge in [-0.3, -0.25) is 0 Å². The number of halogens is 1. The Morgan fingerprint density at radius 1 is 1.00 bits per heavy atom. The van der Waals surface area contributed by atoms with Gasteiger partial charge in [-0.2, -0.15) is 18.4 Å². The summed E-state index contributed by atoms with van der Waals surface area (Å²) in [5.41, 5.74) is 2.40. The van der Waals surface area contributed by atoms with E-state index < -0.39 is 10.0 Å². The van der Waals surface area contributed by atoms with Crippen molar-refractivity contribution in [2.75, 3.05) is 0 Å². The molecule has 6 heteroatoms. The molecule has 0 amide bonds. The van der Waals surface area contributed by atoms with Gasteiger partial charge in [-0.15, -0.1) is 0 Å². The van der Waals surface area contributed by atoms with Crippen molar-refractivity contribution in [3.63, 3.8) is 0 Å². The van der Waals surface area contributed by atoms with Gasteiger partial charge in [-0.1, -0.05) is 56.6 Å². The van der Waals surface area contributed by atoms with E-state index in [-0.39, 0.29) is 10.3 Å². The summed E-state index contributed by atoms with van der Waals surface area (Å²) in [4.78, 5) is 2.46. The third-order valence-corrected chi connectivity index (χ3v) is 5.10. The SMILES string of the molecule is CC(=NNS(=O)(=O)c1ccc(C(C)(C)C)cc1)c1ccc(Cl)cc1. The fourth-order valence-electron chi connectivity index (χ4n) is 2.07. The van der Waals surface area contributed by atoms with Crippen molar-refractivity contribution in [3.05, 3.63) is 64.7 Å². The fraction of sp³-hybridized carbons (Fsp3) is 0.278. The van der Waals surface area contributed by atoms with Crippen LogP contribution >= 0.6 is 11.6 Å². The number of benzene rings is 2. The molecule has 0 aliphatic carbocycles. The highest BCUT2D eigenvalue weighted by Crippen LogP contribution is 2.23. The third-order valence-electron chi connectivity index (χ3n) is 3.63. The molecular formula is C18H21ClN2O2S. The molecule has 0 aliphatic heterocycles. The number of hydrazone groups is 1.